The molecule has 0 radical (unpaired) electrons. The molecule has 84 valence electrons. The molecule has 2 N–H and O–H groups in total. The van der Waals surface area contributed by atoms with Gasteiger partial charge in [0.2, 0.25) is 0 Å². The average Bonchev–Trinajstić information content (AvgIpc) is 2.68. The number of rotatable bonds is 2. The Morgan fingerprint density at radius 3 is 2.81 bits per heavy atom. The lowest BCUT2D eigenvalue weighted by Crippen LogP contribution is -2.14. The predicted octanol–water partition coefficient (Wildman–Crippen LogP) is 2.26. The molecule has 0 amide bonds. The van der Waals surface area contributed by atoms with E-state index in [9.17, 15) is 4.39 Å². The molecule has 3 nitrogen and oxygen atoms in total. The molecule has 0 aliphatic heterocycles. The number of benzene rings is 1. The summed E-state index contributed by atoms with van der Waals surface area (Å²) in [4.78, 5) is 0. The minimum absolute atomic E-state index is 0.0562. The maximum absolute atomic E-state index is 13.2. The Balaban J connectivity index is 2.41. The van der Waals surface area contributed by atoms with Crippen molar-refractivity contribution in [1.29, 1.82) is 0 Å². The fourth-order valence-electron chi connectivity index (χ4n) is 1.52. The Morgan fingerprint density at radius 2 is 2.19 bits per heavy atom. The van der Waals surface area contributed by atoms with Gasteiger partial charge in [-0.2, -0.15) is 5.10 Å². The SMILES string of the molecule is Cn1ccc(C(N)c2cccc(F)c2Cl)n1. The van der Waals surface area contributed by atoms with Crippen LogP contribution in [-0.4, -0.2) is 9.78 Å². The number of nitrogens with zero attached hydrogens (tertiary/aromatic N) is 2. The number of nitrogens with two attached hydrogens (primary N) is 1. The monoisotopic (exact) mass is 239 g/mol. The van der Waals surface area contributed by atoms with Crippen molar-refractivity contribution in [2.45, 2.75) is 6.04 Å². The second-order valence-electron chi connectivity index (χ2n) is 3.53. The summed E-state index contributed by atoms with van der Waals surface area (Å²) in [6.07, 6.45) is 1.78. The number of hydrogen-bond donors (Lipinski definition) is 1. The zero-order valence-electron chi connectivity index (χ0n) is 8.69. The minimum Gasteiger partial charge on any atom is -0.319 e. The molecule has 0 saturated carbocycles. The van der Waals surface area contributed by atoms with E-state index < -0.39 is 11.9 Å². The maximum atomic E-state index is 13.2. The maximum Gasteiger partial charge on any atom is 0.142 e. The van der Waals surface area contributed by atoms with E-state index in [1.54, 1.807) is 36.1 Å². The Hall–Kier alpha value is -1.39. The minimum atomic E-state index is -0.510. The van der Waals surface area contributed by atoms with Crippen LogP contribution in [0, 0.1) is 5.82 Å². The molecule has 2 aromatic rings. The van der Waals surface area contributed by atoms with E-state index in [1.807, 2.05) is 0 Å². The zero-order valence-corrected chi connectivity index (χ0v) is 9.45. The summed E-state index contributed by atoms with van der Waals surface area (Å²) in [5.41, 5.74) is 7.18. The molecule has 0 spiro atoms. The first-order valence-electron chi connectivity index (χ1n) is 4.78. The molecule has 5 heteroatoms. The van der Waals surface area contributed by atoms with E-state index in [0.29, 0.717) is 11.3 Å². The molecule has 0 saturated heterocycles. The third kappa shape index (κ3) is 1.94. The van der Waals surface area contributed by atoms with Gasteiger partial charge in [0.05, 0.1) is 16.8 Å². The van der Waals surface area contributed by atoms with Gasteiger partial charge in [-0.25, -0.2) is 4.39 Å². The first kappa shape index (κ1) is 11.1. The lowest BCUT2D eigenvalue weighted by Gasteiger charge is -2.11. The van der Waals surface area contributed by atoms with Gasteiger partial charge in [0.25, 0.3) is 0 Å². The van der Waals surface area contributed by atoms with Crippen molar-refractivity contribution in [3.8, 4) is 0 Å². The fourth-order valence-corrected chi connectivity index (χ4v) is 1.76. The van der Waals surface area contributed by atoms with Gasteiger partial charge in [-0.05, 0) is 17.7 Å². The molecule has 1 aromatic heterocycles. The molecule has 1 aromatic carbocycles. The second-order valence-corrected chi connectivity index (χ2v) is 3.91. The smallest absolute Gasteiger partial charge is 0.142 e. The van der Waals surface area contributed by atoms with Crippen LogP contribution in [0.4, 0.5) is 4.39 Å². The van der Waals surface area contributed by atoms with E-state index in [1.165, 1.54) is 6.07 Å². The highest BCUT2D eigenvalue weighted by molar-refractivity contribution is 6.31. The highest BCUT2D eigenvalue weighted by Gasteiger charge is 2.16. The summed E-state index contributed by atoms with van der Waals surface area (Å²) in [6, 6.07) is 5.86. The van der Waals surface area contributed by atoms with Crippen LogP contribution in [-0.2, 0) is 7.05 Å². The average molecular weight is 240 g/mol. The van der Waals surface area contributed by atoms with Gasteiger partial charge in [0, 0.05) is 13.2 Å². The topological polar surface area (TPSA) is 43.8 Å². The second kappa shape index (κ2) is 4.23. The number of halogens is 2. The number of hydrogen-bond acceptors (Lipinski definition) is 2. The van der Waals surface area contributed by atoms with Crippen molar-refractivity contribution in [2.24, 2.45) is 12.8 Å². The summed E-state index contributed by atoms with van der Waals surface area (Å²) in [7, 11) is 1.80. The van der Waals surface area contributed by atoms with Crippen molar-refractivity contribution >= 4 is 11.6 Å². The predicted molar refractivity (Wildman–Crippen MR) is 60.6 cm³/mol. The van der Waals surface area contributed by atoms with E-state index in [0.717, 1.165) is 0 Å². The van der Waals surface area contributed by atoms with Crippen LogP contribution < -0.4 is 5.73 Å². The fraction of sp³-hybridized carbons (Fsp3) is 0.182. The third-order valence-corrected chi connectivity index (χ3v) is 2.77. The van der Waals surface area contributed by atoms with Crippen LogP contribution in [0.1, 0.15) is 17.3 Å². The quantitative estimate of drug-likeness (QED) is 0.874. The Morgan fingerprint density at radius 1 is 1.44 bits per heavy atom. The first-order valence-corrected chi connectivity index (χ1v) is 5.16. The molecule has 1 heterocycles. The molecular formula is C11H11ClFN3. The van der Waals surface area contributed by atoms with Crippen LogP contribution in [0.2, 0.25) is 5.02 Å². The van der Waals surface area contributed by atoms with E-state index in [-0.39, 0.29) is 5.02 Å². The van der Waals surface area contributed by atoms with E-state index in [4.69, 9.17) is 17.3 Å². The van der Waals surface area contributed by atoms with Crippen LogP contribution in [0.5, 0.6) is 0 Å². The molecular weight excluding hydrogens is 229 g/mol. The Labute approximate surface area is 97.6 Å². The molecule has 0 fully saturated rings. The Kier molecular flexibility index (Phi) is 2.94. The van der Waals surface area contributed by atoms with Gasteiger partial charge in [-0.3, -0.25) is 4.68 Å². The molecule has 0 bridgehead atoms. The van der Waals surface area contributed by atoms with Gasteiger partial charge in [-0.15, -0.1) is 0 Å². The normalized spacial score (nSPS) is 12.8. The summed E-state index contributed by atoms with van der Waals surface area (Å²) in [6.45, 7) is 0. The summed E-state index contributed by atoms with van der Waals surface area (Å²) >= 11 is 5.86. The summed E-state index contributed by atoms with van der Waals surface area (Å²) in [5.74, 6) is -0.467. The van der Waals surface area contributed by atoms with Crippen molar-refractivity contribution in [3.63, 3.8) is 0 Å². The van der Waals surface area contributed by atoms with Crippen molar-refractivity contribution in [2.75, 3.05) is 0 Å². The highest BCUT2D eigenvalue weighted by atomic mass is 35.5. The van der Waals surface area contributed by atoms with Gasteiger partial charge in [0.15, 0.2) is 0 Å². The largest absolute Gasteiger partial charge is 0.319 e. The number of aromatic nitrogens is 2. The zero-order chi connectivity index (χ0) is 11.7. The summed E-state index contributed by atoms with van der Waals surface area (Å²) < 4.78 is 14.9. The molecule has 2 rings (SSSR count). The van der Waals surface area contributed by atoms with Crippen molar-refractivity contribution < 1.29 is 4.39 Å². The summed E-state index contributed by atoms with van der Waals surface area (Å²) in [5, 5.41) is 4.22. The molecule has 1 atom stereocenters. The van der Waals surface area contributed by atoms with Crippen LogP contribution in [0.15, 0.2) is 30.5 Å². The van der Waals surface area contributed by atoms with Crippen LogP contribution in [0.3, 0.4) is 0 Å². The van der Waals surface area contributed by atoms with E-state index >= 15 is 0 Å². The van der Waals surface area contributed by atoms with Crippen molar-refractivity contribution in [3.05, 3.63) is 52.6 Å². The molecule has 1 unspecified atom stereocenters. The highest BCUT2D eigenvalue weighted by Crippen LogP contribution is 2.27. The van der Waals surface area contributed by atoms with E-state index in [2.05, 4.69) is 5.10 Å². The molecule has 0 aliphatic carbocycles. The lowest BCUT2D eigenvalue weighted by atomic mass is 10.0. The molecule has 0 aliphatic rings. The molecule has 16 heavy (non-hydrogen) atoms. The van der Waals surface area contributed by atoms with Gasteiger partial charge in [-0.1, -0.05) is 23.7 Å². The van der Waals surface area contributed by atoms with Gasteiger partial charge < -0.3 is 5.73 Å². The standard InChI is InChI=1S/C11H11ClFN3/c1-16-6-5-9(15-16)11(14)7-3-2-4-8(13)10(7)12/h2-6,11H,14H2,1H3. The van der Waals surface area contributed by atoms with Crippen molar-refractivity contribution in [1.82, 2.24) is 9.78 Å². The number of aryl methyl sites for hydroxylation is 1. The van der Waals surface area contributed by atoms with Gasteiger partial charge >= 0.3 is 0 Å². The van der Waals surface area contributed by atoms with Crippen LogP contribution in [0.25, 0.3) is 0 Å². The third-order valence-electron chi connectivity index (χ3n) is 2.37. The first-order chi connectivity index (χ1) is 7.59. The van der Waals surface area contributed by atoms with Crippen LogP contribution >= 0.6 is 11.6 Å². The Bertz CT molecular complexity index is 510. The van der Waals surface area contributed by atoms with Gasteiger partial charge in [0.1, 0.15) is 5.82 Å². The lowest BCUT2D eigenvalue weighted by molar-refractivity contribution is 0.623.